The fourth-order valence-corrected chi connectivity index (χ4v) is 2.05. The number of rotatable bonds is 6. The molecule has 1 aromatic heterocycles. The maximum absolute atomic E-state index is 12.0. The molecule has 0 radical (unpaired) electrons. The molecule has 0 saturated carbocycles. The van der Waals surface area contributed by atoms with E-state index in [0.29, 0.717) is 25.5 Å². The van der Waals surface area contributed by atoms with Crippen molar-refractivity contribution in [3.8, 4) is 11.1 Å². The van der Waals surface area contributed by atoms with Crippen LogP contribution in [0.4, 0.5) is 0 Å². The minimum atomic E-state index is -0.300. The van der Waals surface area contributed by atoms with E-state index in [2.05, 4.69) is 0 Å². The first-order valence-electron chi connectivity index (χ1n) is 6.68. The molecular formula is C16H19NO3. The summed E-state index contributed by atoms with van der Waals surface area (Å²) in [5, 5.41) is 0. The van der Waals surface area contributed by atoms with Gasteiger partial charge in [0.05, 0.1) is 13.2 Å². The summed E-state index contributed by atoms with van der Waals surface area (Å²) in [5.74, 6) is -0.300. The first kappa shape index (κ1) is 14.3. The van der Waals surface area contributed by atoms with Gasteiger partial charge in [-0.2, -0.15) is 0 Å². The summed E-state index contributed by atoms with van der Waals surface area (Å²) in [7, 11) is 1.64. The lowest BCUT2D eigenvalue weighted by atomic mass is 10.1. The molecule has 0 unspecified atom stereocenters. The SMILES string of the molecule is CCOC(=O)c1cc(-c2ccccc2)cn1CCOC. The molecule has 0 amide bonds. The van der Waals surface area contributed by atoms with Gasteiger partial charge in [-0.25, -0.2) is 4.79 Å². The van der Waals surface area contributed by atoms with Crippen LogP contribution in [0, 0.1) is 0 Å². The number of methoxy groups -OCH3 is 1. The first-order valence-corrected chi connectivity index (χ1v) is 6.68. The quantitative estimate of drug-likeness (QED) is 0.760. The molecule has 0 fully saturated rings. The van der Waals surface area contributed by atoms with E-state index in [1.165, 1.54) is 0 Å². The van der Waals surface area contributed by atoms with Gasteiger partial charge in [0.25, 0.3) is 0 Å². The van der Waals surface area contributed by atoms with E-state index in [1.54, 1.807) is 14.0 Å². The Balaban J connectivity index is 2.33. The van der Waals surface area contributed by atoms with Crippen molar-refractivity contribution in [3.05, 3.63) is 48.3 Å². The molecule has 20 heavy (non-hydrogen) atoms. The molecule has 0 aliphatic carbocycles. The monoisotopic (exact) mass is 273 g/mol. The van der Waals surface area contributed by atoms with Crippen LogP contribution in [0.25, 0.3) is 11.1 Å². The topological polar surface area (TPSA) is 40.5 Å². The van der Waals surface area contributed by atoms with Crippen LogP contribution in [0.2, 0.25) is 0 Å². The second-order valence-corrected chi connectivity index (χ2v) is 4.39. The van der Waals surface area contributed by atoms with Crippen LogP contribution < -0.4 is 0 Å². The van der Waals surface area contributed by atoms with Crippen LogP contribution in [0.15, 0.2) is 42.6 Å². The summed E-state index contributed by atoms with van der Waals surface area (Å²) < 4.78 is 12.1. The summed E-state index contributed by atoms with van der Waals surface area (Å²) in [6, 6.07) is 11.8. The molecule has 2 rings (SSSR count). The third-order valence-electron chi connectivity index (χ3n) is 3.02. The Morgan fingerprint density at radius 1 is 1.20 bits per heavy atom. The second kappa shape index (κ2) is 6.91. The number of carbonyl (C=O) groups is 1. The molecular weight excluding hydrogens is 254 g/mol. The van der Waals surface area contributed by atoms with Gasteiger partial charge in [-0.05, 0) is 18.6 Å². The van der Waals surface area contributed by atoms with Gasteiger partial charge in [-0.15, -0.1) is 0 Å². The number of carbonyl (C=O) groups excluding carboxylic acids is 1. The van der Waals surface area contributed by atoms with Gasteiger partial charge in [0.2, 0.25) is 0 Å². The maximum atomic E-state index is 12.0. The second-order valence-electron chi connectivity index (χ2n) is 4.39. The van der Waals surface area contributed by atoms with E-state index < -0.39 is 0 Å². The van der Waals surface area contributed by atoms with Crippen molar-refractivity contribution in [3.63, 3.8) is 0 Å². The average molecular weight is 273 g/mol. The molecule has 1 aromatic carbocycles. The van der Waals surface area contributed by atoms with Crippen LogP contribution >= 0.6 is 0 Å². The minimum Gasteiger partial charge on any atom is -0.461 e. The van der Waals surface area contributed by atoms with Crippen LogP contribution in [0.5, 0.6) is 0 Å². The van der Waals surface area contributed by atoms with Crippen molar-refractivity contribution in [1.29, 1.82) is 0 Å². The van der Waals surface area contributed by atoms with Crippen molar-refractivity contribution in [2.75, 3.05) is 20.3 Å². The highest BCUT2D eigenvalue weighted by atomic mass is 16.5. The predicted molar refractivity (Wildman–Crippen MR) is 77.7 cm³/mol. The minimum absolute atomic E-state index is 0.300. The number of hydrogen-bond donors (Lipinski definition) is 0. The molecule has 0 saturated heterocycles. The molecule has 0 aliphatic rings. The van der Waals surface area contributed by atoms with Gasteiger partial charge in [0.15, 0.2) is 0 Å². The Labute approximate surface area is 118 Å². The van der Waals surface area contributed by atoms with E-state index in [0.717, 1.165) is 11.1 Å². The number of ether oxygens (including phenoxy) is 2. The highest BCUT2D eigenvalue weighted by molar-refractivity contribution is 5.90. The van der Waals surface area contributed by atoms with Crippen molar-refractivity contribution >= 4 is 5.97 Å². The van der Waals surface area contributed by atoms with Gasteiger partial charge in [-0.3, -0.25) is 0 Å². The van der Waals surface area contributed by atoms with Gasteiger partial charge in [-0.1, -0.05) is 30.3 Å². The number of esters is 1. The van der Waals surface area contributed by atoms with Crippen molar-refractivity contribution < 1.29 is 14.3 Å². The third kappa shape index (κ3) is 3.27. The Hall–Kier alpha value is -2.07. The molecule has 0 spiro atoms. The van der Waals surface area contributed by atoms with E-state index in [1.807, 2.05) is 47.2 Å². The van der Waals surface area contributed by atoms with Crippen LogP contribution in [0.3, 0.4) is 0 Å². The van der Waals surface area contributed by atoms with Crippen LogP contribution in [-0.4, -0.2) is 30.9 Å². The fourth-order valence-electron chi connectivity index (χ4n) is 2.05. The molecule has 2 aromatic rings. The molecule has 106 valence electrons. The van der Waals surface area contributed by atoms with Crippen molar-refractivity contribution in [2.45, 2.75) is 13.5 Å². The van der Waals surface area contributed by atoms with Gasteiger partial charge in [0.1, 0.15) is 5.69 Å². The first-order chi connectivity index (χ1) is 9.76. The van der Waals surface area contributed by atoms with Gasteiger partial charge < -0.3 is 14.0 Å². The van der Waals surface area contributed by atoms with Gasteiger partial charge in [0, 0.05) is 25.4 Å². The van der Waals surface area contributed by atoms with E-state index in [4.69, 9.17) is 9.47 Å². The summed E-state index contributed by atoms with van der Waals surface area (Å²) in [6.07, 6.45) is 1.96. The molecule has 0 atom stereocenters. The highest BCUT2D eigenvalue weighted by Gasteiger charge is 2.15. The molecule has 4 heteroatoms. The number of benzene rings is 1. The molecule has 1 heterocycles. The average Bonchev–Trinajstić information content (AvgIpc) is 2.90. The lowest BCUT2D eigenvalue weighted by Crippen LogP contribution is -2.13. The smallest absolute Gasteiger partial charge is 0.354 e. The van der Waals surface area contributed by atoms with E-state index >= 15 is 0 Å². The Kier molecular flexibility index (Phi) is 4.96. The fraction of sp³-hybridized carbons (Fsp3) is 0.312. The highest BCUT2D eigenvalue weighted by Crippen LogP contribution is 2.22. The molecule has 0 N–H and O–H groups in total. The molecule has 0 bridgehead atoms. The number of hydrogen-bond acceptors (Lipinski definition) is 3. The van der Waals surface area contributed by atoms with Crippen molar-refractivity contribution in [1.82, 2.24) is 4.57 Å². The Bertz CT molecular complexity index is 560. The molecule has 4 nitrogen and oxygen atoms in total. The largest absolute Gasteiger partial charge is 0.461 e. The summed E-state index contributed by atoms with van der Waals surface area (Å²) in [5.41, 5.74) is 2.64. The summed E-state index contributed by atoms with van der Waals surface area (Å²) in [4.78, 5) is 12.0. The zero-order valence-corrected chi connectivity index (χ0v) is 11.8. The van der Waals surface area contributed by atoms with E-state index in [-0.39, 0.29) is 5.97 Å². The van der Waals surface area contributed by atoms with Gasteiger partial charge >= 0.3 is 5.97 Å². The standard InChI is InChI=1S/C16H19NO3/c1-3-20-16(18)15-11-14(12-17(15)9-10-19-2)13-7-5-4-6-8-13/h4-8,11-12H,3,9-10H2,1-2H3. The lowest BCUT2D eigenvalue weighted by Gasteiger charge is -2.07. The maximum Gasteiger partial charge on any atom is 0.354 e. The summed E-state index contributed by atoms with van der Waals surface area (Å²) >= 11 is 0. The zero-order valence-electron chi connectivity index (χ0n) is 11.8. The molecule has 0 aliphatic heterocycles. The van der Waals surface area contributed by atoms with Crippen molar-refractivity contribution in [2.24, 2.45) is 0 Å². The Morgan fingerprint density at radius 2 is 1.95 bits per heavy atom. The lowest BCUT2D eigenvalue weighted by molar-refractivity contribution is 0.0511. The number of aromatic nitrogens is 1. The normalized spacial score (nSPS) is 10.5. The number of nitrogens with zero attached hydrogens (tertiary/aromatic N) is 1. The van der Waals surface area contributed by atoms with Crippen LogP contribution in [-0.2, 0) is 16.0 Å². The van der Waals surface area contributed by atoms with E-state index in [9.17, 15) is 4.79 Å². The Morgan fingerprint density at radius 3 is 2.60 bits per heavy atom. The third-order valence-corrected chi connectivity index (χ3v) is 3.02. The summed E-state index contributed by atoms with van der Waals surface area (Å²) in [6.45, 7) is 3.35. The van der Waals surface area contributed by atoms with Crippen LogP contribution in [0.1, 0.15) is 17.4 Å². The predicted octanol–water partition coefficient (Wildman–Crippen LogP) is 2.98. The zero-order chi connectivity index (χ0) is 14.4.